The molecule has 0 saturated carbocycles. The van der Waals surface area contributed by atoms with Crippen LogP contribution in [-0.4, -0.2) is 18.5 Å². The number of carbonyl (C=O) groups is 2. The van der Waals surface area contributed by atoms with E-state index in [0.29, 0.717) is 9.21 Å². The van der Waals surface area contributed by atoms with Gasteiger partial charge in [-0.25, -0.2) is 4.79 Å². The highest BCUT2D eigenvalue weighted by Crippen LogP contribution is 2.21. The monoisotopic (exact) mass is 219 g/mol. The maximum atomic E-state index is 11.1. The van der Waals surface area contributed by atoms with Crippen LogP contribution < -0.4 is 5.73 Å². The van der Waals surface area contributed by atoms with Crippen molar-refractivity contribution in [2.75, 3.05) is 6.61 Å². The largest absolute Gasteiger partial charge is 0.451 e. The van der Waals surface area contributed by atoms with E-state index in [1.807, 2.05) is 0 Å². The second kappa shape index (κ2) is 4.25. The Morgan fingerprint density at radius 3 is 2.69 bits per heavy atom. The first-order valence-corrected chi connectivity index (χ1v) is 4.50. The molecule has 0 unspecified atom stereocenters. The van der Waals surface area contributed by atoms with Gasteiger partial charge in [-0.15, -0.1) is 11.3 Å². The van der Waals surface area contributed by atoms with E-state index in [0.717, 1.165) is 11.3 Å². The predicted molar refractivity (Wildman–Crippen MR) is 48.8 cm³/mol. The molecule has 0 saturated heterocycles. The minimum absolute atomic E-state index is 0.353. The third kappa shape index (κ3) is 3.04. The Kier molecular flexibility index (Phi) is 3.27. The molecule has 0 aliphatic rings. The highest BCUT2D eigenvalue weighted by Gasteiger charge is 2.10. The van der Waals surface area contributed by atoms with Crippen molar-refractivity contribution in [2.24, 2.45) is 5.73 Å². The van der Waals surface area contributed by atoms with Gasteiger partial charge in [0.2, 0.25) is 0 Å². The summed E-state index contributed by atoms with van der Waals surface area (Å²) in [5.74, 6) is -1.27. The Morgan fingerprint density at radius 1 is 1.54 bits per heavy atom. The Bertz CT molecular complexity index is 336. The molecular formula is C7H6ClNO3S. The van der Waals surface area contributed by atoms with Gasteiger partial charge in [0.05, 0.1) is 4.34 Å². The second-order valence-corrected chi connectivity index (χ2v) is 3.86. The number of hydrogen-bond donors (Lipinski definition) is 1. The van der Waals surface area contributed by atoms with Crippen LogP contribution >= 0.6 is 22.9 Å². The highest BCUT2D eigenvalue weighted by molar-refractivity contribution is 7.17. The van der Waals surface area contributed by atoms with Gasteiger partial charge < -0.3 is 10.5 Å². The van der Waals surface area contributed by atoms with Crippen molar-refractivity contribution in [3.05, 3.63) is 21.3 Å². The number of esters is 1. The molecule has 0 aromatic carbocycles. The van der Waals surface area contributed by atoms with Gasteiger partial charge in [-0.3, -0.25) is 4.79 Å². The molecule has 0 fully saturated rings. The van der Waals surface area contributed by atoms with Crippen LogP contribution in [0, 0.1) is 0 Å². The summed E-state index contributed by atoms with van der Waals surface area (Å²) in [6.07, 6.45) is 0. The third-order valence-corrected chi connectivity index (χ3v) is 2.33. The average Bonchev–Trinajstić information content (AvgIpc) is 2.47. The van der Waals surface area contributed by atoms with E-state index >= 15 is 0 Å². The number of carbonyl (C=O) groups excluding carboxylic acids is 2. The van der Waals surface area contributed by atoms with E-state index in [9.17, 15) is 9.59 Å². The van der Waals surface area contributed by atoms with E-state index < -0.39 is 18.5 Å². The van der Waals surface area contributed by atoms with Crippen molar-refractivity contribution in [3.63, 3.8) is 0 Å². The summed E-state index contributed by atoms with van der Waals surface area (Å²) in [6.45, 7) is -0.408. The quantitative estimate of drug-likeness (QED) is 0.773. The first-order chi connectivity index (χ1) is 6.09. The summed E-state index contributed by atoms with van der Waals surface area (Å²) in [5.41, 5.74) is 4.79. The first kappa shape index (κ1) is 10.0. The van der Waals surface area contributed by atoms with E-state index in [-0.39, 0.29) is 0 Å². The zero-order valence-electron chi connectivity index (χ0n) is 6.45. The van der Waals surface area contributed by atoms with Crippen LogP contribution in [-0.2, 0) is 9.53 Å². The molecule has 0 radical (unpaired) electrons. The molecule has 1 amide bonds. The van der Waals surface area contributed by atoms with Gasteiger partial charge in [-0.1, -0.05) is 11.6 Å². The minimum atomic E-state index is -0.684. The van der Waals surface area contributed by atoms with E-state index in [4.69, 9.17) is 17.3 Å². The highest BCUT2D eigenvalue weighted by atomic mass is 35.5. The number of halogens is 1. The van der Waals surface area contributed by atoms with Crippen molar-refractivity contribution < 1.29 is 14.3 Å². The molecular weight excluding hydrogens is 214 g/mol. The average molecular weight is 220 g/mol. The zero-order chi connectivity index (χ0) is 9.84. The number of ether oxygens (including phenoxy) is 1. The van der Waals surface area contributed by atoms with Crippen molar-refractivity contribution in [3.8, 4) is 0 Å². The van der Waals surface area contributed by atoms with Gasteiger partial charge in [0.15, 0.2) is 6.61 Å². The number of amides is 1. The summed E-state index contributed by atoms with van der Waals surface area (Å²) >= 11 is 6.67. The fourth-order valence-corrected chi connectivity index (χ4v) is 1.57. The van der Waals surface area contributed by atoms with Gasteiger partial charge in [-0.05, 0) is 12.1 Å². The number of rotatable bonds is 3. The molecule has 70 valence electrons. The molecule has 1 aromatic rings. The van der Waals surface area contributed by atoms with Crippen molar-refractivity contribution >= 4 is 34.8 Å². The molecule has 0 atom stereocenters. The van der Waals surface area contributed by atoms with E-state index in [1.54, 1.807) is 6.07 Å². The van der Waals surface area contributed by atoms with Crippen LogP contribution in [0.2, 0.25) is 4.34 Å². The van der Waals surface area contributed by atoms with Crippen molar-refractivity contribution in [1.29, 1.82) is 0 Å². The Balaban J connectivity index is 2.54. The Morgan fingerprint density at radius 2 is 2.23 bits per heavy atom. The lowest BCUT2D eigenvalue weighted by atomic mass is 10.5. The normalized spacial score (nSPS) is 9.62. The molecule has 0 aliphatic carbocycles. The summed E-state index contributed by atoms with van der Waals surface area (Å²) in [4.78, 5) is 21.7. The molecule has 0 spiro atoms. The van der Waals surface area contributed by atoms with E-state index in [2.05, 4.69) is 4.74 Å². The SMILES string of the molecule is NC(=O)COC(=O)c1ccc(Cl)s1. The molecule has 0 aliphatic heterocycles. The summed E-state index contributed by atoms with van der Waals surface area (Å²) in [5, 5.41) is 0. The molecule has 1 aromatic heterocycles. The van der Waals surface area contributed by atoms with Crippen LogP contribution in [0.25, 0.3) is 0 Å². The Hall–Kier alpha value is -1.07. The van der Waals surface area contributed by atoms with Gasteiger partial charge in [0, 0.05) is 0 Å². The maximum absolute atomic E-state index is 11.1. The number of hydrogen-bond acceptors (Lipinski definition) is 4. The number of nitrogens with two attached hydrogens (primary N) is 1. The van der Waals surface area contributed by atoms with Crippen LogP contribution in [0.3, 0.4) is 0 Å². The molecule has 1 rings (SSSR count). The Labute approximate surface area is 83.2 Å². The van der Waals surface area contributed by atoms with Gasteiger partial charge in [0.25, 0.3) is 5.91 Å². The minimum Gasteiger partial charge on any atom is -0.451 e. The fraction of sp³-hybridized carbons (Fsp3) is 0.143. The van der Waals surface area contributed by atoms with Gasteiger partial charge in [-0.2, -0.15) is 0 Å². The first-order valence-electron chi connectivity index (χ1n) is 3.30. The van der Waals surface area contributed by atoms with Crippen LogP contribution in [0.1, 0.15) is 9.67 Å². The van der Waals surface area contributed by atoms with Crippen molar-refractivity contribution in [1.82, 2.24) is 0 Å². The number of primary amides is 1. The predicted octanol–water partition coefficient (Wildman–Crippen LogP) is 1.04. The molecule has 4 nitrogen and oxygen atoms in total. The van der Waals surface area contributed by atoms with E-state index in [1.165, 1.54) is 6.07 Å². The van der Waals surface area contributed by atoms with Crippen molar-refractivity contribution in [2.45, 2.75) is 0 Å². The lowest BCUT2D eigenvalue weighted by Crippen LogP contribution is -2.20. The fourth-order valence-electron chi connectivity index (χ4n) is 0.632. The summed E-state index contributed by atoms with van der Waals surface area (Å²) in [6, 6.07) is 3.10. The summed E-state index contributed by atoms with van der Waals surface area (Å²) in [7, 11) is 0. The summed E-state index contributed by atoms with van der Waals surface area (Å²) < 4.78 is 5.03. The van der Waals surface area contributed by atoms with Crippen LogP contribution in [0.4, 0.5) is 0 Å². The maximum Gasteiger partial charge on any atom is 0.348 e. The smallest absolute Gasteiger partial charge is 0.348 e. The molecule has 2 N–H and O–H groups in total. The van der Waals surface area contributed by atoms with Crippen LogP contribution in [0.15, 0.2) is 12.1 Å². The van der Waals surface area contributed by atoms with Gasteiger partial charge in [0.1, 0.15) is 4.88 Å². The van der Waals surface area contributed by atoms with Crippen LogP contribution in [0.5, 0.6) is 0 Å². The molecule has 0 bridgehead atoms. The number of thiophene rings is 1. The third-order valence-electron chi connectivity index (χ3n) is 1.12. The van der Waals surface area contributed by atoms with Gasteiger partial charge >= 0.3 is 5.97 Å². The standard InChI is InChI=1S/C7H6ClNO3S/c8-5-2-1-4(13-5)7(11)12-3-6(9)10/h1-2H,3H2,(H2,9,10). The molecule has 1 heterocycles. The molecule has 6 heteroatoms. The zero-order valence-corrected chi connectivity index (χ0v) is 8.02. The molecule has 13 heavy (non-hydrogen) atoms. The lowest BCUT2D eigenvalue weighted by molar-refractivity contribution is -0.121. The topological polar surface area (TPSA) is 69.4 Å². The second-order valence-electron chi connectivity index (χ2n) is 2.15. The lowest BCUT2D eigenvalue weighted by Gasteiger charge is -1.97.